The standard InChI is InChI=1S/C17H20N2O6/c20-16-11-24-15-7-6-13(19(22)23)8-14(15)18(16)9-17(21)25-10-12-4-2-1-3-5-12/h6-8,12H,1-5,9-11H2. The van der Waals surface area contributed by atoms with Crippen molar-refractivity contribution < 1.29 is 24.0 Å². The Morgan fingerprint density at radius 3 is 2.80 bits per heavy atom. The monoisotopic (exact) mass is 348 g/mol. The third kappa shape index (κ3) is 4.07. The molecule has 1 aromatic carbocycles. The van der Waals surface area contributed by atoms with Gasteiger partial charge in [-0.05, 0) is 24.8 Å². The summed E-state index contributed by atoms with van der Waals surface area (Å²) in [6.07, 6.45) is 5.64. The highest BCUT2D eigenvalue weighted by Crippen LogP contribution is 2.35. The van der Waals surface area contributed by atoms with Crippen molar-refractivity contribution in [1.82, 2.24) is 0 Å². The van der Waals surface area contributed by atoms with E-state index in [4.69, 9.17) is 9.47 Å². The molecule has 1 amide bonds. The quantitative estimate of drug-likeness (QED) is 0.460. The number of anilines is 1. The van der Waals surface area contributed by atoms with Gasteiger partial charge in [-0.1, -0.05) is 19.3 Å². The van der Waals surface area contributed by atoms with Crippen LogP contribution in [0.25, 0.3) is 0 Å². The van der Waals surface area contributed by atoms with Crippen molar-refractivity contribution in [3.05, 3.63) is 28.3 Å². The van der Waals surface area contributed by atoms with Crippen molar-refractivity contribution in [2.45, 2.75) is 32.1 Å². The van der Waals surface area contributed by atoms with Gasteiger partial charge < -0.3 is 9.47 Å². The lowest BCUT2D eigenvalue weighted by molar-refractivity contribution is -0.384. The van der Waals surface area contributed by atoms with E-state index in [1.165, 1.54) is 29.5 Å². The number of carbonyl (C=O) groups excluding carboxylic acids is 2. The van der Waals surface area contributed by atoms with E-state index in [2.05, 4.69) is 0 Å². The average molecular weight is 348 g/mol. The van der Waals surface area contributed by atoms with E-state index >= 15 is 0 Å². The number of ether oxygens (including phenoxy) is 2. The number of rotatable bonds is 5. The number of hydrogen-bond donors (Lipinski definition) is 0. The van der Waals surface area contributed by atoms with Crippen LogP contribution >= 0.6 is 0 Å². The summed E-state index contributed by atoms with van der Waals surface area (Å²) < 4.78 is 10.6. The maximum atomic E-state index is 12.1. The topological polar surface area (TPSA) is 99.0 Å². The zero-order valence-electron chi connectivity index (χ0n) is 13.8. The van der Waals surface area contributed by atoms with Gasteiger partial charge in [-0.15, -0.1) is 0 Å². The van der Waals surface area contributed by atoms with Gasteiger partial charge in [-0.25, -0.2) is 0 Å². The van der Waals surface area contributed by atoms with Crippen LogP contribution in [0.2, 0.25) is 0 Å². The molecule has 1 aliphatic heterocycles. The molecule has 0 bridgehead atoms. The minimum absolute atomic E-state index is 0.169. The van der Waals surface area contributed by atoms with Crippen LogP contribution in [0.15, 0.2) is 18.2 Å². The number of nitrogens with zero attached hydrogens (tertiary/aromatic N) is 2. The van der Waals surface area contributed by atoms with Crippen LogP contribution < -0.4 is 9.64 Å². The number of non-ortho nitro benzene ring substituents is 1. The molecule has 3 rings (SSSR count). The lowest BCUT2D eigenvalue weighted by atomic mass is 9.90. The number of nitro groups is 1. The van der Waals surface area contributed by atoms with E-state index < -0.39 is 16.8 Å². The molecule has 0 unspecified atom stereocenters. The summed E-state index contributed by atoms with van der Waals surface area (Å²) in [5, 5.41) is 10.9. The van der Waals surface area contributed by atoms with Gasteiger partial charge in [-0.2, -0.15) is 0 Å². The highest BCUT2D eigenvalue weighted by Gasteiger charge is 2.30. The molecule has 1 heterocycles. The van der Waals surface area contributed by atoms with Crippen LogP contribution in [0.5, 0.6) is 5.75 Å². The van der Waals surface area contributed by atoms with E-state index in [1.807, 2.05) is 0 Å². The lowest BCUT2D eigenvalue weighted by Gasteiger charge is -2.28. The number of nitro benzene ring substituents is 1. The Hall–Kier alpha value is -2.64. The Balaban J connectivity index is 1.67. The third-order valence-electron chi connectivity index (χ3n) is 4.59. The van der Waals surface area contributed by atoms with Crippen LogP contribution in [0, 0.1) is 16.0 Å². The van der Waals surface area contributed by atoms with Crippen LogP contribution in [0.4, 0.5) is 11.4 Å². The van der Waals surface area contributed by atoms with Crippen LogP contribution in [-0.4, -0.2) is 36.6 Å². The first-order chi connectivity index (χ1) is 12.0. The molecule has 0 spiro atoms. The smallest absolute Gasteiger partial charge is 0.326 e. The fourth-order valence-electron chi connectivity index (χ4n) is 3.22. The van der Waals surface area contributed by atoms with Gasteiger partial charge in [0.1, 0.15) is 12.3 Å². The summed E-state index contributed by atoms with van der Waals surface area (Å²) in [6, 6.07) is 3.97. The molecule has 0 aromatic heterocycles. The van der Waals surface area contributed by atoms with E-state index in [9.17, 15) is 19.7 Å². The second kappa shape index (κ2) is 7.50. The molecule has 2 aliphatic rings. The Labute approximate surface area is 144 Å². The van der Waals surface area contributed by atoms with Crippen molar-refractivity contribution >= 4 is 23.3 Å². The molecule has 134 valence electrons. The Morgan fingerprint density at radius 2 is 2.08 bits per heavy atom. The van der Waals surface area contributed by atoms with Crippen molar-refractivity contribution in [2.24, 2.45) is 5.92 Å². The maximum absolute atomic E-state index is 12.1. The summed E-state index contributed by atoms with van der Waals surface area (Å²) in [7, 11) is 0. The number of benzene rings is 1. The zero-order chi connectivity index (χ0) is 17.8. The largest absolute Gasteiger partial charge is 0.482 e. The molecule has 0 saturated heterocycles. The summed E-state index contributed by atoms with van der Waals surface area (Å²) >= 11 is 0. The Bertz CT molecular complexity index is 684. The molecule has 1 aliphatic carbocycles. The van der Waals surface area contributed by atoms with Gasteiger partial charge >= 0.3 is 5.97 Å². The molecule has 25 heavy (non-hydrogen) atoms. The van der Waals surface area contributed by atoms with Crippen molar-refractivity contribution in [3.8, 4) is 5.75 Å². The predicted octanol–water partition coefficient (Wildman–Crippen LogP) is 2.44. The first-order valence-corrected chi connectivity index (χ1v) is 8.42. The summed E-state index contributed by atoms with van der Waals surface area (Å²) in [5.41, 5.74) is 0.0534. The van der Waals surface area contributed by atoms with Crippen molar-refractivity contribution in [3.63, 3.8) is 0 Å². The lowest BCUT2D eigenvalue weighted by Crippen LogP contribution is -2.42. The molecule has 8 heteroatoms. The molecular weight excluding hydrogens is 328 g/mol. The number of carbonyl (C=O) groups is 2. The van der Waals surface area contributed by atoms with E-state index in [0.29, 0.717) is 18.3 Å². The van der Waals surface area contributed by atoms with Crippen LogP contribution in [0.3, 0.4) is 0 Å². The third-order valence-corrected chi connectivity index (χ3v) is 4.59. The SMILES string of the molecule is O=C(CN1C(=O)COc2ccc([N+](=O)[O-])cc21)OCC1CCCCC1. The van der Waals surface area contributed by atoms with E-state index in [0.717, 1.165) is 25.7 Å². The molecular formula is C17H20N2O6. The number of hydrogen-bond acceptors (Lipinski definition) is 6. The fraction of sp³-hybridized carbons (Fsp3) is 0.529. The van der Waals surface area contributed by atoms with E-state index in [1.54, 1.807) is 0 Å². The van der Waals surface area contributed by atoms with Gasteiger partial charge in [0, 0.05) is 12.1 Å². The van der Waals surface area contributed by atoms with Gasteiger partial charge in [0.05, 0.1) is 17.2 Å². The van der Waals surface area contributed by atoms with Crippen LogP contribution in [0.1, 0.15) is 32.1 Å². The minimum atomic E-state index is -0.557. The molecule has 1 saturated carbocycles. The average Bonchev–Trinajstić information content (AvgIpc) is 2.63. The number of fused-ring (bicyclic) bond motifs is 1. The van der Waals surface area contributed by atoms with Crippen LogP contribution in [-0.2, 0) is 14.3 Å². The molecule has 0 N–H and O–H groups in total. The Kier molecular flexibility index (Phi) is 5.16. The summed E-state index contributed by atoms with van der Waals surface area (Å²) in [5.74, 6) is -0.224. The molecule has 0 atom stereocenters. The van der Waals surface area contributed by atoms with Gasteiger partial charge in [0.25, 0.3) is 11.6 Å². The highest BCUT2D eigenvalue weighted by atomic mass is 16.6. The second-order valence-electron chi connectivity index (χ2n) is 6.36. The zero-order valence-corrected chi connectivity index (χ0v) is 13.8. The molecule has 1 fully saturated rings. The first kappa shape index (κ1) is 17.2. The van der Waals surface area contributed by atoms with Crippen molar-refractivity contribution in [1.29, 1.82) is 0 Å². The number of amides is 1. The summed E-state index contributed by atoms with van der Waals surface area (Å²) in [6.45, 7) is -0.122. The van der Waals surface area contributed by atoms with Gasteiger partial charge in [-0.3, -0.25) is 24.6 Å². The normalized spacial score (nSPS) is 17.6. The second-order valence-corrected chi connectivity index (χ2v) is 6.36. The first-order valence-electron chi connectivity index (χ1n) is 8.42. The maximum Gasteiger partial charge on any atom is 0.326 e. The van der Waals surface area contributed by atoms with Gasteiger partial charge in [0.2, 0.25) is 0 Å². The highest BCUT2D eigenvalue weighted by molar-refractivity contribution is 6.01. The molecule has 0 radical (unpaired) electrons. The molecule has 8 nitrogen and oxygen atoms in total. The predicted molar refractivity (Wildman–Crippen MR) is 88.5 cm³/mol. The molecule has 1 aromatic rings. The Morgan fingerprint density at radius 1 is 1.32 bits per heavy atom. The minimum Gasteiger partial charge on any atom is -0.482 e. The van der Waals surface area contributed by atoms with Gasteiger partial charge in [0.15, 0.2) is 6.61 Å². The number of esters is 1. The summed E-state index contributed by atoms with van der Waals surface area (Å²) in [4.78, 5) is 35.8. The fourth-order valence-corrected chi connectivity index (χ4v) is 3.22. The van der Waals surface area contributed by atoms with Crippen molar-refractivity contribution in [2.75, 3.05) is 24.7 Å². The van der Waals surface area contributed by atoms with E-state index in [-0.39, 0.29) is 24.5 Å².